The summed E-state index contributed by atoms with van der Waals surface area (Å²) in [5.41, 5.74) is 1.12. The average molecular weight is 341 g/mol. The molecule has 0 aromatic heterocycles. The second-order valence-electron chi connectivity index (χ2n) is 4.79. The van der Waals surface area contributed by atoms with Crippen molar-refractivity contribution in [1.29, 1.82) is 0 Å². The topological polar surface area (TPSA) is 56.8 Å². The van der Waals surface area contributed by atoms with E-state index in [1.807, 2.05) is 6.07 Å². The molecule has 2 rings (SSSR count). The second-order valence-corrected chi connectivity index (χ2v) is 4.79. The van der Waals surface area contributed by atoms with Gasteiger partial charge in [0.1, 0.15) is 11.5 Å². The van der Waals surface area contributed by atoms with Crippen LogP contribution in [0, 0.1) is 12.4 Å². The van der Waals surface area contributed by atoms with Crippen LogP contribution in [-0.4, -0.2) is 27.3 Å². The first-order valence-electron chi connectivity index (χ1n) is 7.21. The minimum absolute atomic E-state index is 0.00442. The maximum absolute atomic E-state index is 13.6. The van der Waals surface area contributed by atoms with Gasteiger partial charge in [-0.3, -0.25) is 0 Å². The van der Waals surface area contributed by atoms with Gasteiger partial charge >= 0.3 is 0 Å². The van der Waals surface area contributed by atoms with Gasteiger partial charge in [-0.05, 0) is 24.3 Å². The van der Waals surface area contributed by atoms with Crippen LogP contribution in [0.4, 0.5) is 15.8 Å². The molecule has 128 valence electrons. The zero-order valence-electron chi connectivity index (χ0n) is 14.0. The summed E-state index contributed by atoms with van der Waals surface area (Å²) in [5, 5.41) is 0. The molecule has 2 aromatic rings. The third-order valence-electron chi connectivity index (χ3n) is 3.35. The highest BCUT2D eigenvalue weighted by molar-refractivity contribution is 5.71. The molecule has 0 atom stereocenters. The molecule has 0 amide bonds. The molecule has 0 saturated heterocycles. The van der Waals surface area contributed by atoms with E-state index in [0.717, 1.165) is 11.6 Å². The van der Waals surface area contributed by atoms with Crippen molar-refractivity contribution in [2.45, 2.75) is 6.54 Å². The molecule has 25 heavy (non-hydrogen) atoms. The van der Waals surface area contributed by atoms with Gasteiger partial charge in [-0.1, -0.05) is 0 Å². The molecule has 7 heteroatoms. The SMILES string of the molecule is [C-]#[N+]c1cc(F)c(OC)cc1N=C=NCc1ccc(OC)cc1OC. The summed E-state index contributed by atoms with van der Waals surface area (Å²) in [7, 11) is 4.47. The minimum Gasteiger partial charge on any atom is -0.497 e. The van der Waals surface area contributed by atoms with E-state index in [9.17, 15) is 4.39 Å². The van der Waals surface area contributed by atoms with Crippen LogP contribution in [0.3, 0.4) is 0 Å². The summed E-state index contributed by atoms with van der Waals surface area (Å²) in [6, 6.07) is 10.3. The molecule has 2 aromatic carbocycles. The number of aliphatic imine (C=N–C) groups is 2. The second kappa shape index (κ2) is 8.48. The molecular formula is C18H16FN3O3. The first-order chi connectivity index (χ1) is 12.1. The lowest BCUT2D eigenvalue weighted by Crippen LogP contribution is -1.92. The highest BCUT2D eigenvalue weighted by Gasteiger charge is 2.09. The quantitative estimate of drug-likeness (QED) is 0.578. The van der Waals surface area contributed by atoms with Crippen molar-refractivity contribution in [1.82, 2.24) is 0 Å². The Hall–Kier alpha value is -3.36. The molecule has 0 aliphatic heterocycles. The summed E-state index contributed by atoms with van der Waals surface area (Å²) in [4.78, 5) is 11.3. The van der Waals surface area contributed by atoms with E-state index in [4.69, 9.17) is 20.8 Å². The molecule has 0 aliphatic carbocycles. The van der Waals surface area contributed by atoms with Crippen LogP contribution in [0.1, 0.15) is 5.56 Å². The van der Waals surface area contributed by atoms with Crippen LogP contribution in [0.5, 0.6) is 17.2 Å². The Balaban J connectivity index is 2.24. The number of methoxy groups -OCH3 is 3. The van der Waals surface area contributed by atoms with Crippen LogP contribution in [0.2, 0.25) is 0 Å². The van der Waals surface area contributed by atoms with Crippen LogP contribution >= 0.6 is 0 Å². The number of hydrogen-bond acceptors (Lipinski definition) is 5. The Labute approximate surface area is 145 Å². The molecule has 0 aliphatic rings. The summed E-state index contributed by atoms with van der Waals surface area (Å²) < 4.78 is 28.9. The number of rotatable bonds is 6. The third kappa shape index (κ3) is 4.34. The Morgan fingerprint density at radius 3 is 2.48 bits per heavy atom. The van der Waals surface area contributed by atoms with E-state index in [0.29, 0.717) is 11.5 Å². The molecule has 6 nitrogen and oxygen atoms in total. The monoisotopic (exact) mass is 341 g/mol. The molecule has 0 saturated carbocycles. The van der Waals surface area contributed by atoms with Crippen LogP contribution in [0.15, 0.2) is 40.3 Å². The van der Waals surface area contributed by atoms with Gasteiger partial charge in [0.25, 0.3) is 0 Å². The van der Waals surface area contributed by atoms with Gasteiger partial charge in [0, 0.05) is 11.6 Å². The van der Waals surface area contributed by atoms with Crippen molar-refractivity contribution >= 4 is 17.4 Å². The zero-order chi connectivity index (χ0) is 18.2. The Kier molecular flexibility index (Phi) is 6.10. The first-order valence-corrected chi connectivity index (χ1v) is 7.21. The predicted molar refractivity (Wildman–Crippen MR) is 92.0 cm³/mol. The largest absolute Gasteiger partial charge is 0.497 e. The zero-order valence-corrected chi connectivity index (χ0v) is 14.0. The molecule has 0 fully saturated rings. The Morgan fingerprint density at radius 1 is 1.08 bits per heavy atom. The van der Waals surface area contributed by atoms with E-state index in [1.54, 1.807) is 26.4 Å². The summed E-state index contributed by atoms with van der Waals surface area (Å²) in [6.07, 6.45) is 0. The molecule has 0 radical (unpaired) electrons. The highest BCUT2D eigenvalue weighted by atomic mass is 19.1. The van der Waals surface area contributed by atoms with Gasteiger partial charge in [0.05, 0.1) is 46.1 Å². The van der Waals surface area contributed by atoms with Crippen molar-refractivity contribution in [3.8, 4) is 17.2 Å². The summed E-state index contributed by atoms with van der Waals surface area (Å²) in [5.74, 6) is 0.700. The fourth-order valence-electron chi connectivity index (χ4n) is 2.06. The van der Waals surface area contributed by atoms with Gasteiger partial charge in [-0.2, -0.15) is 4.99 Å². The molecule has 0 bridgehead atoms. The minimum atomic E-state index is -0.618. The van der Waals surface area contributed by atoms with Crippen molar-refractivity contribution in [3.63, 3.8) is 0 Å². The lowest BCUT2D eigenvalue weighted by Gasteiger charge is -2.07. The molecular weight excluding hydrogens is 325 g/mol. The van der Waals surface area contributed by atoms with E-state index < -0.39 is 5.82 Å². The van der Waals surface area contributed by atoms with Gasteiger partial charge in [0.2, 0.25) is 5.69 Å². The van der Waals surface area contributed by atoms with Crippen molar-refractivity contribution in [2.24, 2.45) is 9.98 Å². The van der Waals surface area contributed by atoms with Crippen molar-refractivity contribution in [2.75, 3.05) is 21.3 Å². The van der Waals surface area contributed by atoms with Gasteiger partial charge < -0.3 is 14.2 Å². The maximum Gasteiger partial charge on any atom is 0.216 e. The van der Waals surface area contributed by atoms with E-state index >= 15 is 0 Å². The Bertz CT molecular complexity index is 869. The third-order valence-corrected chi connectivity index (χ3v) is 3.35. The Morgan fingerprint density at radius 2 is 1.84 bits per heavy atom. The fourth-order valence-corrected chi connectivity index (χ4v) is 2.06. The number of benzene rings is 2. The summed E-state index contributed by atoms with van der Waals surface area (Å²) >= 11 is 0. The van der Waals surface area contributed by atoms with E-state index in [1.165, 1.54) is 13.2 Å². The van der Waals surface area contributed by atoms with Crippen LogP contribution in [-0.2, 0) is 6.54 Å². The molecule has 0 N–H and O–H groups in total. The average Bonchev–Trinajstić information content (AvgIpc) is 2.65. The fraction of sp³-hybridized carbons (Fsp3) is 0.222. The number of ether oxygens (including phenoxy) is 3. The number of hydrogen-bond donors (Lipinski definition) is 0. The maximum atomic E-state index is 13.6. The highest BCUT2D eigenvalue weighted by Crippen LogP contribution is 2.34. The van der Waals surface area contributed by atoms with Gasteiger partial charge in [-0.15, -0.1) is 0 Å². The lowest BCUT2D eigenvalue weighted by molar-refractivity contribution is 0.387. The van der Waals surface area contributed by atoms with Crippen LogP contribution in [0.25, 0.3) is 4.85 Å². The lowest BCUT2D eigenvalue weighted by atomic mass is 10.2. The van der Waals surface area contributed by atoms with Crippen LogP contribution < -0.4 is 14.2 Å². The summed E-state index contributed by atoms with van der Waals surface area (Å²) in [6.45, 7) is 7.37. The van der Waals surface area contributed by atoms with Gasteiger partial charge in [0.15, 0.2) is 11.6 Å². The smallest absolute Gasteiger partial charge is 0.216 e. The molecule has 0 heterocycles. The van der Waals surface area contributed by atoms with E-state index in [-0.39, 0.29) is 23.7 Å². The number of nitrogens with zero attached hydrogens (tertiary/aromatic N) is 3. The van der Waals surface area contributed by atoms with E-state index in [2.05, 4.69) is 20.8 Å². The first kappa shape index (κ1) is 18.0. The predicted octanol–water partition coefficient (Wildman–Crippen LogP) is 4.41. The molecule has 0 spiro atoms. The van der Waals surface area contributed by atoms with Crippen molar-refractivity contribution < 1.29 is 18.6 Å². The molecule has 0 unspecified atom stereocenters. The van der Waals surface area contributed by atoms with Gasteiger partial charge in [-0.25, -0.2) is 14.2 Å². The standard InChI is InChI=1S/C18H16FN3O3/c1-20-15-8-14(19)18(25-4)9-16(15)22-11-21-10-12-5-6-13(23-2)7-17(12)24-3/h5-9H,10H2,2-4H3. The normalized spacial score (nSPS) is 9.56. The van der Waals surface area contributed by atoms with Crippen molar-refractivity contribution in [3.05, 3.63) is 53.1 Å². The number of halogens is 1.